The monoisotopic (exact) mass is 125 g/mol. The molecule has 9 heavy (non-hydrogen) atoms. The van der Waals surface area contributed by atoms with E-state index in [-0.39, 0.29) is 6.03 Å². The van der Waals surface area contributed by atoms with Crippen molar-refractivity contribution in [2.75, 3.05) is 7.05 Å². The van der Waals surface area contributed by atoms with E-state index in [0.717, 1.165) is 0 Å². The Morgan fingerprint density at radius 1 is 1.89 bits per heavy atom. The topological polar surface area (TPSA) is 44.7 Å². The first kappa shape index (κ1) is 5.81. The maximum atomic E-state index is 10.4. The van der Waals surface area contributed by atoms with Crippen molar-refractivity contribution in [2.45, 2.75) is 0 Å². The predicted octanol–water partition coefficient (Wildman–Crippen LogP) is 0.141. The first-order valence-corrected chi connectivity index (χ1v) is 2.47. The molecule has 1 aliphatic rings. The highest BCUT2D eigenvalue weighted by Crippen LogP contribution is 1.95. The van der Waals surface area contributed by atoms with E-state index < -0.39 is 0 Å². The Labute approximate surface area is 52.9 Å². The Kier molecular flexibility index (Phi) is 1.22. The summed E-state index contributed by atoms with van der Waals surface area (Å²) in [6, 6.07) is -0.363. The maximum absolute atomic E-state index is 10.4. The lowest BCUT2D eigenvalue weighted by Gasteiger charge is -2.19. The molecule has 0 atom stereocenters. The minimum absolute atomic E-state index is 0.363. The zero-order valence-corrected chi connectivity index (χ0v) is 5.09. The first-order valence-electron chi connectivity index (χ1n) is 2.47. The Morgan fingerprint density at radius 2 is 2.56 bits per heavy atom. The highest BCUT2D eigenvalue weighted by molar-refractivity contribution is 5.87. The number of hydrogen-bond donors (Lipinski definition) is 1. The number of rotatable bonds is 0. The maximum Gasteiger partial charge on any atom is 0.347 e. The third-order valence-electron chi connectivity index (χ3n) is 1.03. The number of carbonyl (C=O) groups is 1. The molecule has 0 spiro atoms. The molecule has 0 bridgehead atoms. The number of nitrogens with zero attached hydrogens (tertiary/aromatic N) is 2. The van der Waals surface area contributed by atoms with E-state index in [2.05, 4.69) is 16.9 Å². The summed E-state index contributed by atoms with van der Waals surface area (Å²) in [6.07, 6.45) is 1.42. The van der Waals surface area contributed by atoms with Gasteiger partial charge in [-0.15, -0.1) is 0 Å². The lowest BCUT2D eigenvalue weighted by molar-refractivity contribution is 0.248. The molecule has 0 aromatic carbocycles. The van der Waals surface area contributed by atoms with Crippen molar-refractivity contribution in [3.8, 4) is 0 Å². The number of hydrogen-bond acceptors (Lipinski definition) is 2. The van der Waals surface area contributed by atoms with Crippen LogP contribution in [0.15, 0.2) is 17.4 Å². The van der Waals surface area contributed by atoms with Gasteiger partial charge >= 0.3 is 6.03 Å². The smallest absolute Gasteiger partial charge is 0.322 e. The van der Waals surface area contributed by atoms with Crippen LogP contribution in [-0.4, -0.2) is 24.3 Å². The molecular weight excluding hydrogens is 118 g/mol. The van der Waals surface area contributed by atoms with E-state index in [1.165, 1.54) is 6.34 Å². The van der Waals surface area contributed by atoms with Crippen molar-refractivity contribution in [2.24, 2.45) is 4.99 Å². The summed E-state index contributed by atoms with van der Waals surface area (Å²) >= 11 is 0. The summed E-state index contributed by atoms with van der Waals surface area (Å²) in [5, 5.41) is 2.42. The standard InChI is InChI=1S/C5H7N3O/c1-4-7-5(9)6-3-8(4)2/h3H,1H2,2H3,(H,7,9). The van der Waals surface area contributed by atoms with Crippen molar-refractivity contribution >= 4 is 12.4 Å². The van der Waals surface area contributed by atoms with E-state index in [0.29, 0.717) is 5.82 Å². The summed E-state index contributed by atoms with van der Waals surface area (Å²) in [5.74, 6) is 0.551. The van der Waals surface area contributed by atoms with Gasteiger partial charge in [-0.05, 0) is 0 Å². The van der Waals surface area contributed by atoms with Gasteiger partial charge in [0, 0.05) is 7.05 Å². The van der Waals surface area contributed by atoms with Crippen LogP contribution in [0.2, 0.25) is 0 Å². The van der Waals surface area contributed by atoms with E-state index >= 15 is 0 Å². The quantitative estimate of drug-likeness (QED) is 0.500. The second kappa shape index (κ2) is 1.89. The lowest BCUT2D eigenvalue weighted by atomic mass is 10.6. The third kappa shape index (κ3) is 1.07. The average molecular weight is 125 g/mol. The molecule has 0 aliphatic carbocycles. The van der Waals surface area contributed by atoms with Crippen molar-refractivity contribution in [1.29, 1.82) is 0 Å². The van der Waals surface area contributed by atoms with Crippen molar-refractivity contribution in [3.05, 3.63) is 12.4 Å². The normalized spacial score (nSPS) is 18.1. The van der Waals surface area contributed by atoms with Crippen molar-refractivity contribution < 1.29 is 4.79 Å². The van der Waals surface area contributed by atoms with E-state index in [1.54, 1.807) is 11.9 Å². The molecule has 0 saturated carbocycles. The fourth-order valence-corrected chi connectivity index (χ4v) is 0.453. The van der Waals surface area contributed by atoms with Gasteiger partial charge < -0.3 is 4.90 Å². The third-order valence-corrected chi connectivity index (χ3v) is 1.03. The molecule has 48 valence electrons. The van der Waals surface area contributed by atoms with E-state index in [4.69, 9.17) is 0 Å². The van der Waals surface area contributed by atoms with Gasteiger partial charge in [0.1, 0.15) is 12.2 Å². The Bertz CT molecular complexity index is 185. The number of amides is 2. The lowest BCUT2D eigenvalue weighted by Crippen LogP contribution is -2.34. The molecule has 0 unspecified atom stereocenters. The number of carbonyl (C=O) groups excluding carboxylic acids is 1. The molecule has 1 aliphatic heterocycles. The number of urea groups is 1. The highest BCUT2D eigenvalue weighted by Gasteiger charge is 2.08. The molecule has 1 N–H and O–H groups in total. The van der Waals surface area contributed by atoms with E-state index in [9.17, 15) is 4.79 Å². The Balaban J connectivity index is 2.76. The molecule has 1 heterocycles. The molecule has 0 saturated heterocycles. The molecule has 0 aromatic rings. The average Bonchev–Trinajstić information content (AvgIpc) is 1.80. The largest absolute Gasteiger partial charge is 0.347 e. The summed E-state index contributed by atoms with van der Waals surface area (Å²) in [7, 11) is 1.76. The van der Waals surface area contributed by atoms with Crippen molar-refractivity contribution in [3.63, 3.8) is 0 Å². The van der Waals surface area contributed by atoms with Crippen LogP contribution in [0.4, 0.5) is 4.79 Å². The molecular formula is C5H7N3O. The van der Waals surface area contributed by atoms with E-state index in [1.807, 2.05) is 0 Å². The zero-order chi connectivity index (χ0) is 6.85. The fourth-order valence-electron chi connectivity index (χ4n) is 0.453. The van der Waals surface area contributed by atoms with Crippen molar-refractivity contribution in [1.82, 2.24) is 10.2 Å². The number of nitrogens with one attached hydrogen (secondary N) is 1. The van der Waals surface area contributed by atoms with Gasteiger partial charge in [0.05, 0.1) is 0 Å². The van der Waals surface area contributed by atoms with Crippen LogP contribution in [0.25, 0.3) is 0 Å². The molecule has 2 amide bonds. The predicted molar refractivity (Wildman–Crippen MR) is 33.9 cm³/mol. The van der Waals surface area contributed by atoms with Gasteiger partial charge in [-0.3, -0.25) is 5.32 Å². The molecule has 0 aromatic heterocycles. The second-order valence-electron chi connectivity index (χ2n) is 1.73. The minimum Gasteiger partial charge on any atom is -0.322 e. The van der Waals surface area contributed by atoms with Crippen LogP contribution in [-0.2, 0) is 0 Å². The molecule has 1 rings (SSSR count). The SMILES string of the molecule is C=C1NC(=O)N=CN1C. The fraction of sp³-hybridized carbons (Fsp3) is 0.200. The van der Waals surface area contributed by atoms with Crippen LogP contribution in [0.1, 0.15) is 0 Å². The van der Waals surface area contributed by atoms with Gasteiger partial charge in [-0.1, -0.05) is 6.58 Å². The number of aliphatic imine (C=N–C) groups is 1. The van der Waals surface area contributed by atoms with Gasteiger partial charge in [-0.25, -0.2) is 4.79 Å². The van der Waals surface area contributed by atoms with Gasteiger partial charge in [-0.2, -0.15) is 4.99 Å². The van der Waals surface area contributed by atoms with Gasteiger partial charge in [0.2, 0.25) is 0 Å². The van der Waals surface area contributed by atoms with Crippen LogP contribution >= 0.6 is 0 Å². The summed E-state index contributed by atoms with van der Waals surface area (Å²) < 4.78 is 0. The van der Waals surface area contributed by atoms with Gasteiger partial charge in [0.25, 0.3) is 0 Å². The summed E-state index contributed by atoms with van der Waals surface area (Å²) in [6.45, 7) is 3.55. The minimum atomic E-state index is -0.363. The zero-order valence-electron chi connectivity index (χ0n) is 5.09. The first-order chi connectivity index (χ1) is 4.20. The van der Waals surface area contributed by atoms with Gasteiger partial charge in [0.15, 0.2) is 0 Å². The molecule has 0 radical (unpaired) electrons. The molecule has 4 nitrogen and oxygen atoms in total. The Hall–Kier alpha value is -1.32. The van der Waals surface area contributed by atoms with Crippen LogP contribution < -0.4 is 5.32 Å². The molecule has 4 heteroatoms. The van der Waals surface area contributed by atoms with Crippen LogP contribution in [0.3, 0.4) is 0 Å². The summed E-state index contributed by atoms with van der Waals surface area (Å²) in [5.41, 5.74) is 0. The highest BCUT2D eigenvalue weighted by atomic mass is 16.2. The Morgan fingerprint density at radius 3 is 3.00 bits per heavy atom. The van der Waals surface area contributed by atoms with Crippen LogP contribution in [0.5, 0.6) is 0 Å². The molecule has 0 fully saturated rings. The second-order valence-corrected chi connectivity index (χ2v) is 1.73. The summed E-state index contributed by atoms with van der Waals surface area (Å²) in [4.78, 5) is 15.5. The van der Waals surface area contributed by atoms with Crippen LogP contribution in [0, 0.1) is 0 Å².